The van der Waals surface area contributed by atoms with Crippen LogP contribution in [0.3, 0.4) is 0 Å². The minimum absolute atomic E-state index is 0.0372. The van der Waals surface area contributed by atoms with Crippen molar-refractivity contribution in [2.75, 3.05) is 13.2 Å². The molecule has 1 aromatic carbocycles. The van der Waals surface area contributed by atoms with Crippen LogP contribution in [-0.2, 0) is 4.79 Å². The number of amides is 1. The summed E-state index contributed by atoms with van der Waals surface area (Å²) in [5, 5.41) is 3.58. The average Bonchev–Trinajstić information content (AvgIpc) is 2.14. The van der Waals surface area contributed by atoms with Crippen molar-refractivity contribution in [3.63, 3.8) is 0 Å². The zero-order chi connectivity index (χ0) is 11.3. The van der Waals surface area contributed by atoms with E-state index >= 15 is 0 Å². The van der Waals surface area contributed by atoms with Crippen LogP contribution in [0, 0.1) is 0 Å². The van der Waals surface area contributed by atoms with E-state index in [9.17, 15) is 4.79 Å². The molecule has 1 N–H and O–H groups in total. The van der Waals surface area contributed by atoms with Gasteiger partial charge in [0.05, 0.1) is 0 Å². The maximum absolute atomic E-state index is 11.1. The molecule has 0 saturated heterocycles. The molecule has 0 heterocycles. The molecule has 1 amide bonds. The highest BCUT2D eigenvalue weighted by atomic mass is 35.5. The Balaban J connectivity index is 2.54. The molecule has 0 aliphatic carbocycles. The van der Waals surface area contributed by atoms with Crippen molar-refractivity contribution >= 4 is 29.1 Å². The summed E-state index contributed by atoms with van der Waals surface area (Å²) in [6.07, 6.45) is 0. The van der Waals surface area contributed by atoms with Crippen molar-refractivity contribution < 1.29 is 9.53 Å². The molecular weight excluding hydrogens is 237 g/mol. The van der Waals surface area contributed by atoms with Crippen LogP contribution in [0.15, 0.2) is 18.2 Å². The maximum atomic E-state index is 11.1. The summed E-state index contributed by atoms with van der Waals surface area (Å²) < 4.78 is 5.20. The molecule has 0 aromatic heterocycles. The van der Waals surface area contributed by atoms with Gasteiger partial charge in [-0.05, 0) is 25.1 Å². The smallest absolute Gasteiger partial charge is 0.257 e. The van der Waals surface area contributed by atoms with Gasteiger partial charge in [0, 0.05) is 16.6 Å². The zero-order valence-electron chi connectivity index (χ0n) is 8.22. The van der Waals surface area contributed by atoms with Gasteiger partial charge in [0.2, 0.25) is 0 Å². The Labute approximate surface area is 98.3 Å². The molecule has 0 bridgehead atoms. The van der Waals surface area contributed by atoms with Crippen LogP contribution in [0.5, 0.6) is 5.75 Å². The van der Waals surface area contributed by atoms with Crippen LogP contribution in [0.4, 0.5) is 0 Å². The maximum Gasteiger partial charge on any atom is 0.257 e. The lowest BCUT2D eigenvalue weighted by Gasteiger charge is -2.06. The van der Waals surface area contributed by atoms with Crippen molar-refractivity contribution in [2.45, 2.75) is 6.92 Å². The van der Waals surface area contributed by atoms with E-state index in [1.807, 2.05) is 6.92 Å². The van der Waals surface area contributed by atoms with Crippen LogP contribution in [0.1, 0.15) is 6.92 Å². The zero-order valence-corrected chi connectivity index (χ0v) is 9.73. The van der Waals surface area contributed by atoms with E-state index in [1.165, 1.54) is 0 Å². The molecule has 0 atom stereocenters. The summed E-state index contributed by atoms with van der Waals surface area (Å²) >= 11 is 11.5. The predicted octanol–water partition coefficient (Wildman–Crippen LogP) is 2.51. The molecule has 0 aliphatic heterocycles. The van der Waals surface area contributed by atoms with Crippen molar-refractivity contribution in [2.24, 2.45) is 0 Å². The van der Waals surface area contributed by atoms with Crippen molar-refractivity contribution in [1.82, 2.24) is 5.32 Å². The number of hydrogen-bond acceptors (Lipinski definition) is 2. The van der Waals surface area contributed by atoms with Gasteiger partial charge in [-0.1, -0.05) is 23.2 Å². The molecule has 1 aromatic rings. The number of rotatable bonds is 4. The van der Waals surface area contributed by atoms with Gasteiger partial charge in [0.25, 0.3) is 5.91 Å². The number of likely N-dealkylation sites (N-methyl/N-ethyl adjacent to an activating group) is 1. The third-order valence-electron chi connectivity index (χ3n) is 1.58. The minimum atomic E-state index is -0.173. The van der Waals surface area contributed by atoms with Crippen molar-refractivity contribution in [1.29, 1.82) is 0 Å². The van der Waals surface area contributed by atoms with Crippen LogP contribution >= 0.6 is 23.2 Å². The fraction of sp³-hybridized carbons (Fsp3) is 0.300. The molecule has 3 nitrogen and oxygen atoms in total. The molecule has 1 rings (SSSR count). The minimum Gasteiger partial charge on any atom is -0.484 e. The second-order valence-corrected chi connectivity index (χ2v) is 3.72. The highest BCUT2D eigenvalue weighted by Gasteiger charge is 2.02. The molecule has 5 heteroatoms. The topological polar surface area (TPSA) is 38.3 Å². The highest BCUT2D eigenvalue weighted by Crippen LogP contribution is 2.23. The van der Waals surface area contributed by atoms with Gasteiger partial charge in [0.1, 0.15) is 5.75 Å². The third-order valence-corrected chi connectivity index (χ3v) is 2.02. The first-order valence-corrected chi connectivity index (χ1v) is 5.23. The molecule has 0 saturated carbocycles. The average molecular weight is 248 g/mol. The Morgan fingerprint density at radius 3 is 2.47 bits per heavy atom. The lowest BCUT2D eigenvalue weighted by Crippen LogP contribution is -2.28. The van der Waals surface area contributed by atoms with E-state index < -0.39 is 0 Å². The number of carbonyl (C=O) groups excluding carboxylic acids is 1. The second-order valence-electron chi connectivity index (χ2n) is 2.85. The largest absolute Gasteiger partial charge is 0.484 e. The molecule has 0 spiro atoms. The monoisotopic (exact) mass is 247 g/mol. The number of nitrogens with one attached hydrogen (secondary N) is 1. The Morgan fingerprint density at radius 2 is 1.93 bits per heavy atom. The van der Waals surface area contributed by atoms with E-state index in [-0.39, 0.29) is 12.5 Å². The van der Waals surface area contributed by atoms with Gasteiger partial charge in [-0.15, -0.1) is 0 Å². The van der Waals surface area contributed by atoms with Crippen LogP contribution in [-0.4, -0.2) is 19.1 Å². The Morgan fingerprint density at radius 1 is 1.33 bits per heavy atom. The number of carbonyl (C=O) groups is 1. The first kappa shape index (κ1) is 12.1. The van der Waals surface area contributed by atoms with E-state index in [0.29, 0.717) is 22.3 Å². The molecular formula is C10H11Cl2NO2. The standard InChI is InChI=1S/C10H11Cl2NO2/c1-2-13-10(14)6-15-9-4-7(11)3-8(12)5-9/h3-5H,2,6H2,1H3,(H,13,14). The Bertz CT molecular complexity index is 335. The Hall–Kier alpha value is -0.930. The quantitative estimate of drug-likeness (QED) is 0.888. The van der Waals surface area contributed by atoms with Gasteiger partial charge < -0.3 is 10.1 Å². The van der Waals surface area contributed by atoms with E-state index in [1.54, 1.807) is 18.2 Å². The number of benzene rings is 1. The predicted molar refractivity (Wildman–Crippen MR) is 60.6 cm³/mol. The summed E-state index contributed by atoms with van der Waals surface area (Å²) in [5.74, 6) is 0.312. The summed E-state index contributed by atoms with van der Waals surface area (Å²) in [7, 11) is 0. The first-order chi connectivity index (χ1) is 7.11. The molecule has 0 aliphatic rings. The van der Waals surface area contributed by atoms with Gasteiger partial charge in [-0.3, -0.25) is 4.79 Å². The lowest BCUT2D eigenvalue weighted by atomic mass is 10.3. The molecule has 15 heavy (non-hydrogen) atoms. The van der Waals surface area contributed by atoms with Crippen LogP contribution in [0.2, 0.25) is 10.0 Å². The van der Waals surface area contributed by atoms with Gasteiger partial charge in [-0.25, -0.2) is 0 Å². The van der Waals surface area contributed by atoms with E-state index in [4.69, 9.17) is 27.9 Å². The second kappa shape index (κ2) is 5.83. The van der Waals surface area contributed by atoms with Gasteiger partial charge >= 0.3 is 0 Å². The van der Waals surface area contributed by atoms with Gasteiger partial charge in [0.15, 0.2) is 6.61 Å². The summed E-state index contributed by atoms with van der Waals surface area (Å²) in [6.45, 7) is 2.39. The number of halogens is 2. The fourth-order valence-electron chi connectivity index (χ4n) is 1.01. The van der Waals surface area contributed by atoms with Crippen LogP contribution in [0.25, 0.3) is 0 Å². The normalized spacial score (nSPS) is 9.80. The highest BCUT2D eigenvalue weighted by molar-refractivity contribution is 6.34. The molecule has 0 unspecified atom stereocenters. The summed E-state index contributed by atoms with van der Waals surface area (Å²) in [5.41, 5.74) is 0. The summed E-state index contributed by atoms with van der Waals surface area (Å²) in [4.78, 5) is 11.1. The molecule has 82 valence electrons. The number of hydrogen-bond donors (Lipinski definition) is 1. The fourth-order valence-corrected chi connectivity index (χ4v) is 1.51. The van der Waals surface area contributed by atoms with Crippen molar-refractivity contribution in [3.05, 3.63) is 28.2 Å². The SMILES string of the molecule is CCNC(=O)COc1cc(Cl)cc(Cl)c1. The first-order valence-electron chi connectivity index (χ1n) is 4.47. The van der Waals surface area contributed by atoms with Crippen LogP contribution < -0.4 is 10.1 Å². The summed E-state index contributed by atoms with van der Waals surface area (Å²) in [6, 6.07) is 4.81. The number of ether oxygens (including phenoxy) is 1. The third kappa shape index (κ3) is 4.40. The molecule has 0 radical (unpaired) electrons. The molecule has 0 fully saturated rings. The van der Waals surface area contributed by atoms with Crippen molar-refractivity contribution in [3.8, 4) is 5.75 Å². The lowest BCUT2D eigenvalue weighted by molar-refractivity contribution is -0.122. The van der Waals surface area contributed by atoms with Gasteiger partial charge in [-0.2, -0.15) is 0 Å². The van der Waals surface area contributed by atoms with E-state index in [0.717, 1.165) is 0 Å². The van der Waals surface area contributed by atoms with E-state index in [2.05, 4.69) is 5.32 Å². The Kier molecular flexibility index (Phi) is 4.72.